The summed E-state index contributed by atoms with van der Waals surface area (Å²) in [5, 5.41) is 0. The summed E-state index contributed by atoms with van der Waals surface area (Å²) in [6.07, 6.45) is 0. The van der Waals surface area contributed by atoms with Gasteiger partial charge in [-0.2, -0.15) is 8.62 Å². The van der Waals surface area contributed by atoms with Crippen LogP contribution in [0.4, 0.5) is 0 Å². The maximum Gasteiger partial charge on any atom is 0.490 e. The van der Waals surface area contributed by atoms with E-state index in [-0.39, 0.29) is 0 Å². The molecule has 0 heterocycles. The van der Waals surface area contributed by atoms with Crippen molar-refractivity contribution in [2.75, 3.05) is 0 Å². The summed E-state index contributed by atoms with van der Waals surface area (Å²) in [6, 6.07) is 0. The summed E-state index contributed by atoms with van der Waals surface area (Å²) in [6.45, 7) is 0. The lowest BCUT2D eigenvalue weighted by molar-refractivity contribution is 0.208. The first-order chi connectivity index (χ1) is 5.97. The van der Waals surface area contributed by atoms with Crippen molar-refractivity contribution >= 4 is 31.5 Å². The number of hydrogen-bond donors (Lipinski definition) is 4. The van der Waals surface area contributed by atoms with E-state index in [0.717, 1.165) is 0 Å². The first-order valence-electron chi connectivity index (χ1n) is 2.50. The number of hydrogen-bond acceptors (Lipinski definition) is 6. The Balaban J connectivity index is 4.60. The molecule has 0 fully saturated rings. The summed E-state index contributed by atoms with van der Waals surface area (Å²) < 4.78 is 40.7. The second kappa shape index (κ2) is 4.55. The first kappa shape index (κ1) is 14.5. The molecule has 82 valence electrons. The second-order valence-electron chi connectivity index (χ2n) is 1.70. The summed E-state index contributed by atoms with van der Waals surface area (Å²) >= 11 is 0. The fourth-order valence-electron chi connectivity index (χ4n) is 0.299. The highest BCUT2D eigenvalue weighted by atomic mass is 31.3. The van der Waals surface area contributed by atoms with Gasteiger partial charge >= 0.3 is 23.5 Å². The quantitative estimate of drug-likeness (QED) is 0.374. The number of phosphoric acid groups is 3. The van der Waals surface area contributed by atoms with Gasteiger partial charge in [-0.3, -0.25) is 0 Å². The molecule has 0 aliphatic heterocycles. The molecule has 14 heteroatoms. The molecule has 14 heavy (non-hydrogen) atoms. The van der Waals surface area contributed by atoms with Crippen LogP contribution in [0, 0.1) is 0 Å². The maximum absolute atomic E-state index is 10.6. The molecule has 0 aromatic carbocycles. The highest BCUT2D eigenvalue weighted by Crippen LogP contribution is 2.65. The Morgan fingerprint density at radius 1 is 0.857 bits per heavy atom. The van der Waals surface area contributed by atoms with E-state index in [1.165, 1.54) is 0 Å². The van der Waals surface area contributed by atoms with Crippen LogP contribution in [0.5, 0.6) is 0 Å². The van der Waals surface area contributed by atoms with E-state index in [2.05, 4.69) is 21.1 Å². The third-order valence-corrected chi connectivity index (χ3v) is 4.14. The van der Waals surface area contributed by atoms with Gasteiger partial charge in [-0.05, 0) is 0 Å². The van der Waals surface area contributed by atoms with Gasteiger partial charge in [0.15, 0.2) is 0 Å². The first-order valence-corrected chi connectivity index (χ1v) is 7.02. The van der Waals surface area contributed by atoms with Gasteiger partial charge in [0, 0.05) is 0 Å². The Bertz CT molecular complexity index is 324. The van der Waals surface area contributed by atoms with E-state index in [1.807, 2.05) is 0 Å². The molecule has 10 nitrogen and oxygen atoms in total. The predicted octanol–water partition coefficient (Wildman–Crippen LogP) is -0.587. The third kappa shape index (κ3) is 6.86. The molecule has 0 bridgehead atoms. The second-order valence-corrected chi connectivity index (χ2v) is 6.07. The van der Waals surface area contributed by atoms with Crippen molar-refractivity contribution in [1.29, 1.82) is 0 Å². The van der Waals surface area contributed by atoms with Crippen LogP contribution in [-0.4, -0.2) is 27.6 Å². The lowest BCUT2D eigenvalue weighted by Crippen LogP contribution is -1.94. The monoisotopic (exact) mass is 268 g/mol. The van der Waals surface area contributed by atoms with Crippen molar-refractivity contribution in [3.8, 4) is 0 Å². The molecule has 0 spiro atoms. The normalized spacial score (nSPS) is 21.1. The Morgan fingerprint density at radius 3 is 1.57 bits per heavy atom. The lowest BCUT2D eigenvalue weighted by Gasteiger charge is -2.14. The molecule has 4 N–H and O–H groups in total. The van der Waals surface area contributed by atoms with Crippen LogP contribution in [0.25, 0.3) is 0 Å². The Kier molecular flexibility index (Phi) is 4.70. The molecule has 0 saturated heterocycles. The van der Waals surface area contributed by atoms with E-state index < -0.39 is 23.5 Å². The van der Waals surface area contributed by atoms with Gasteiger partial charge in [0.1, 0.15) is 0 Å². The minimum absolute atomic E-state index is 3.15. The summed E-state index contributed by atoms with van der Waals surface area (Å²) in [4.78, 5) is 33.0. The van der Waals surface area contributed by atoms with Crippen LogP contribution in [0.15, 0.2) is 0 Å². The van der Waals surface area contributed by atoms with E-state index >= 15 is 0 Å². The average Bonchev–Trinajstić information content (AvgIpc) is 1.78. The van der Waals surface area contributed by atoms with Crippen molar-refractivity contribution in [2.45, 2.75) is 0 Å². The van der Waals surface area contributed by atoms with Gasteiger partial charge in [-0.15, -0.1) is 0 Å². The fourth-order valence-corrected chi connectivity index (χ4v) is 2.96. The van der Waals surface area contributed by atoms with Crippen molar-refractivity contribution < 1.29 is 46.3 Å². The molecule has 2 radical (unpaired) electrons. The minimum atomic E-state index is -5.43. The third-order valence-electron chi connectivity index (χ3n) is 0.549. The lowest BCUT2D eigenvalue weighted by atomic mass is 10.6. The van der Waals surface area contributed by atoms with Crippen molar-refractivity contribution in [1.82, 2.24) is 0 Å². The van der Waals surface area contributed by atoms with E-state index in [4.69, 9.17) is 19.6 Å². The highest BCUT2D eigenvalue weighted by molar-refractivity contribution is 7.66. The fraction of sp³-hybridized carbons (Fsp3) is 0. The largest absolute Gasteiger partial charge is 0.490 e. The van der Waals surface area contributed by atoms with E-state index in [9.17, 15) is 13.7 Å². The molecule has 0 aliphatic carbocycles. The highest BCUT2D eigenvalue weighted by Gasteiger charge is 2.39. The van der Waals surface area contributed by atoms with Crippen LogP contribution in [0.1, 0.15) is 0 Å². The topological polar surface area (TPSA) is 160 Å². The molecule has 0 aromatic heterocycles. The van der Waals surface area contributed by atoms with Crippen molar-refractivity contribution in [3.63, 3.8) is 0 Å². The standard InChI is InChI=1S/BH4O10P3/c1-9-13(5,6)11-14(7,8)10-12(2,3)4/h(H,5,6)(H,7,8)(H2,2,3,4). The van der Waals surface area contributed by atoms with Gasteiger partial charge in [0.05, 0.1) is 0 Å². The minimum Gasteiger partial charge on any atom is -0.362 e. The molecule has 0 saturated carbocycles. The van der Waals surface area contributed by atoms with Crippen molar-refractivity contribution in [2.24, 2.45) is 0 Å². The van der Waals surface area contributed by atoms with E-state index in [1.54, 1.807) is 0 Å². The summed E-state index contributed by atoms with van der Waals surface area (Å²) in [5.41, 5.74) is 0. The van der Waals surface area contributed by atoms with Gasteiger partial charge in [0.25, 0.3) is 8.05 Å². The Hall–Kier alpha value is 0.475. The molecule has 0 aliphatic rings. The van der Waals surface area contributed by atoms with Gasteiger partial charge in [-0.1, -0.05) is 0 Å². The molecule has 0 amide bonds. The smallest absolute Gasteiger partial charge is 0.362 e. The van der Waals surface area contributed by atoms with Crippen LogP contribution < -0.4 is 0 Å². The zero-order chi connectivity index (χ0) is 11.6. The molecular formula is H4BO10P3. The maximum atomic E-state index is 10.6. The molecule has 0 aromatic rings. The average molecular weight is 268 g/mol. The summed E-state index contributed by atoms with van der Waals surface area (Å²) in [7, 11) is -11.7. The number of rotatable bonds is 5. The van der Waals surface area contributed by atoms with Gasteiger partial charge < -0.3 is 24.0 Å². The van der Waals surface area contributed by atoms with Crippen LogP contribution in [0.2, 0.25) is 0 Å². The predicted molar refractivity (Wildman–Crippen MR) is 40.7 cm³/mol. The summed E-state index contributed by atoms with van der Waals surface area (Å²) in [5.74, 6) is 0. The van der Waals surface area contributed by atoms with Gasteiger partial charge in [0.2, 0.25) is 0 Å². The molecule has 2 unspecified atom stereocenters. The zero-order valence-corrected chi connectivity index (χ0v) is 8.84. The SMILES string of the molecule is [B]OP(=O)(O)OP(=O)(O)OP(=O)(O)O. The molecule has 0 rings (SSSR count). The Labute approximate surface area is 78.7 Å². The Morgan fingerprint density at radius 2 is 1.29 bits per heavy atom. The molecule has 2 atom stereocenters. The van der Waals surface area contributed by atoms with Crippen LogP contribution >= 0.6 is 23.5 Å². The van der Waals surface area contributed by atoms with Gasteiger partial charge in [-0.25, -0.2) is 13.7 Å². The van der Waals surface area contributed by atoms with E-state index in [0.29, 0.717) is 0 Å². The molecular weight excluding hydrogens is 264 g/mol. The zero-order valence-electron chi connectivity index (χ0n) is 6.16. The van der Waals surface area contributed by atoms with Crippen LogP contribution in [-0.2, 0) is 26.8 Å². The van der Waals surface area contributed by atoms with Crippen molar-refractivity contribution in [3.05, 3.63) is 0 Å². The van der Waals surface area contributed by atoms with Crippen LogP contribution in [0.3, 0.4) is 0 Å².